The van der Waals surface area contributed by atoms with Gasteiger partial charge in [0.15, 0.2) is 0 Å². The number of nitrogens with zero attached hydrogens (tertiary/aromatic N) is 2. The van der Waals surface area contributed by atoms with E-state index < -0.39 is 0 Å². The third kappa shape index (κ3) is 7.02. The van der Waals surface area contributed by atoms with Gasteiger partial charge in [-0.05, 0) is 134 Å². The lowest BCUT2D eigenvalue weighted by atomic mass is 9.76. The molecule has 0 bridgehead atoms. The Morgan fingerprint density at radius 3 is 2.08 bits per heavy atom. The molecule has 1 heterocycles. The first-order valence-electron chi connectivity index (χ1n) is 21.9. The standard InChI is InChI=1S/C59H50N2/c1-4-19-50-47(5-2)57(51-27-16-15-26-48(51)42-20-9-6-10-21-42)54-39-45(35-37-52(54)58(50)53-38-40(3)30-36-49(53)43-22-11-7-12-23-43)41-31-33-44(34-32-41)59-60-55-28-17-18-29-56(55)61(59)46-24-13-8-14-25-46/h5-25,27-29,31-40,48H,4,26,30H2,1-3H3/b47-5+,50-19+. The largest absolute Gasteiger partial charge is 0.292 e. The van der Waals surface area contributed by atoms with Crippen molar-refractivity contribution >= 4 is 50.7 Å². The number of benzene rings is 7. The zero-order valence-corrected chi connectivity index (χ0v) is 35.2. The molecule has 2 unspecified atom stereocenters. The molecule has 2 aliphatic carbocycles. The zero-order chi connectivity index (χ0) is 41.3. The molecule has 0 saturated carbocycles. The van der Waals surface area contributed by atoms with Gasteiger partial charge in [-0.15, -0.1) is 0 Å². The fourth-order valence-electron chi connectivity index (χ4n) is 9.75. The van der Waals surface area contributed by atoms with E-state index in [2.05, 4.69) is 226 Å². The summed E-state index contributed by atoms with van der Waals surface area (Å²) in [6, 6.07) is 57.3. The summed E-state index contributed by atoms with van der Waals surface area (Å²) < 4.78 is 2.27. The summed E-state index contributed by atoms with van der Waals surface area (Å²) in [5.41, 5.74) is 16.0. The molecule has 1 aromatic heterocycles. The summed E-state index contributed by atoms with van der Waals surface area (Å²) in [6.45, 7) is 6.86. The molecule has 0 radical (unpaired) electrons. The lowest BCUT2D eigenvalue weighted by Gasteiger charge is -2.27. The molecular formula is C59H50N2. The van der Waals surface area contributed by atoms with Gasteiger partial charge < -0.3 is 0 Å². The first kappa shape index (κ1) is 38.2. The zero-order valence-electron chi connectivity index (χ0n) is 35.2. The van der Waals surface area contributed by atoms with Gasteiger partial charge in [0.2, 0.25) is 0 Å². The minimum Gasteiger partial charge on any atom is -0.292 e. The van der Waals surface area contributed by atoms with E-state index in [1.54, 1.807) is 0 Å². The van der Waals surface area contributed by atoms with Crippen molar-refractivity contribution in [3.63, 3.8) is 0 Å². The molecule has 0 spiro atoms. The van der Waals surface area contributed by atoms with Crippen molar-refractivity contribution in [1.29, 1.82) is 0 Å². The lowest BCUT2D eigenvalue weighted by molar-refractivity contribution is 0.742. The average molecular weight is 787 g/mol. The molecular weight excluding hydrogens is 737 g/mol. The van der Waals surface area contributed by atoms with Crippen LogP contribution in [-0.4, -0.2) is 9.55 Å². The van der Waals surface area contributed by atoms with Crippen LogP contribution in [0.15, 0.2) is 188 Å². The Morgan fingerprint density at radius 2 is 1.33 bits per heavy atom. The SMILES string of the molecule is C/C=c1/c(C2=CC=CCC2c2ccccc2)c2cc(-c3ccc(-c4nc5ccccc5n4-c4ccccc4)cc3)ccc2c(C2=CC(C)CC=C2c2ccccc2)/c1=C/CC. The number of imidazole rings is 1. The normalized spacial score (nSPS) is 17.1. The Kier molecular flexibility index (Phi) is 10.4. The Labute approximate surface area is 359 Å². The van der Waals surface area contributed by atoms with Crippen LogP contribution < -0.4 is 10.4 Å². The van der Waals surface area contributed by atoms with E-state index in [-0.39, 0.29) is 5.92 Å². The van der Waals surface area contributed by atoms with Gasteiger partial charge in [-0.25, -0.2) is 4.98 Å². The van der Waals surface area contributed by atoms with Gasteiger partial charge in [-0.1, -0.05) is 184 Å². The van der Waals surface area contributed by atoms with Gasteiger partial charge in [-0.2, -0.15) is 0 Å². The van der Waals surface area contributed by atoms with E-state index in [4.69, 9.17) is 4.98 Å². The first-order valence-corrected chi connectivity index (χ1v) is 21.9. The average Bonchev–Trinajstić information content (AvgIpc) is 3.72. The van der Waals surface area contributed by atoms with Gasteiger partial charge >= 0.3 is 0 Å². The summed E-state index contributed by atoms with van der Waals surface area (Å²) in [7, 11) is 0. The highest BCUT2D eigenvalue weighted by Gasteiger charge is 2.26. The van der Waals surface area contributed by atoms with E-state index in [1.807, 2.05) is 0 Å². The highest BCUT2D eigenvalue weighted by molar-refractivity contribution is 6.14. The summed E-state index contributed by atoms with van der Waals surface area (Å²) >= 11 is 0. The Morgan fingerprint density at radius 1 is 0.639 bits per heavy atom. The van der Waals surface area contributed by atoms with Gasteiger partial charge in [-0.3, -0.25) is 4.57 Å². The Balaban J connectivity index is 1.21. The van der Waals surface area contributed by atoms with Crippen LogP contribution in [-0.2, 0) is 0 Å². The van der Waals surface area contributed by atoms with Crippen molar-refractivity contribution in [3.05, 3.63) is 221 Å². The van der Waals surface area contributed by atoms with Crippen LogP contribution in [0.5, 0.6) is 0 Å². The van der Waals surface area contributed by atoms with Crippen molar-refractivity contribution in [1.82, 2.24) is 9.55 Å². The van der Waals surface area contributed by atoms with E-state index in [0.29, 0.717) is 5.92 Å². The number of allylic oxidation sites excluding steroid dienone is 8. The molecule has 2 heteroatoms. The van der Waals surface area contributed by atoms with E-state index >= 15 is 0 Å². The van der Waals surface area contributed by atoms with Gasteiger partial charge in [0.05, 0.1) is 11.0 Å². The van der Waals surface area contributed by atoms with Crippen LogP contribution in [0.1, 0.15) is 68.2 Å². The second-order valence-corrected chi connectivity index (χ2v) is 16.4. The van der Waals surface area contributed by atoms with Crippen LogP contribution >= 0.6 is 0 Å². The third-order valence-corrected chi connectivity index (χ3v) is 12.6. The minimum absolute atomic E-state index is 0.244. The fourth-order valence-corrected chi connectivity index (χ4v) is 9.75. The number of para-hydroxylation sites is 3. The third-order valence-electron chi connectivity index (χ3n) is 12.6. The maximum atomic E-state index is 5.16. The van der Waals surface area contributed by atoms with Gasteiger partial charge in [0.1, 0.15) is 5.82 Å². The molecule has 61 heavy (non-hydrogen) atoms. The number of hydrogen-bond donors (Lipinski definition) is 0. The Bertz CT molecular complexity index is 3160. The molecule has 7 aromatic carbocycles. The van der Waals surface area contributed by atoms with E-state index in [0.717, 1.165) is 47.4 Å². The second kappa shape index (κ2) is 16.6. The predicted octanol–water partition coefficient (Wildman–Crippen LogP) is 14.1. The molecule has 2 atom stereocenters. The molecule has 2 nitrogen and oxygen atoms in total. The van der Waals surface area contributed by atoms with Crippen LogP contribution in [0.2, 0.25) is 0 Å². The molecule has 0 fully saturated rings. The monoisotopic (exact) mass is 786 g/mol. The van der Waals surface area contributed by atoms with Crippen LogP contribution in [0.4, 0.5) is 0 Å². The maximum Gasteiger partial charge on any atom is 0.145 e. The summed E-state index contributed by atoms with van der Waals surface area (Å²) in [4.78, 5) is 5.16. The molecule has 0 aliphatic heterocycles. The van der Waals surface area contributed by atoms with Crippen molar-refractivity contribution in [3.8, 4) is 28.2 Å². The molecule has 0 N–H and O–H groups in total. The molecule has 296 valence electrons. The molecule has 0 saturated heterocycles. The van der Waals surface area contributed by atoms with Gasteiger partial charge in [0.25, 0.3) is 0 Å². The lowest BCUT2D eigenvalue weighted by Crippen LogP contribution is -2.33. The first-order chi connectivity index (χ1) is 30.1. The molecule has 8 aromatic rings. The number of fused-ring (bicyclic) bond motifs is 2. The quantitative estimate of drug-likeness (QED) is 0.150. The fraction of sp³-hybridized carbons (Fsp3) is 0.136. The minimum atomic E-state index is 0.244. The van der Waals surface area contributed by atoms with Crippen LogP contribution in [0, 0.1) is 5.92 Å². The second-order valence-electron chi connectivity index (χ2n) is 16.4. The predicted molar refractivity (Wildman–Crippen MR) is 261 cm³/mol. The molecule has 10 rings (SSSR count). The van der Waals surface area contributed by atoms with E-state index in [9.17, 15) is 0 Å². The van der Waals surface area contributed by atoms with Crippen molar-refractivity contribution in [2.45, 2.75) is 46.0 Å². The van der Waals surface area contributed by atoms with Crippen molar-refractivity contribution in [2.75, 3.05) is 0 Å². The molecule has 2 aliphatic rings. The summed E-state index contributed by atoms with van der Waals surface area (Å²) in [6.07, 6.45) is 19.8. The topological polar surface area (TPSA) is 17.8 Å². The van der Waals surface area contributed by atoms with Crippen LogP contribution in [0.25, 0.3) is 78.9 Å². The Hall–Kier alpha value is -7.03. The smallest absolute Gasteiger partial charge is 0.145 e. The molecule has 0 amide bonds. The highest BCUT2D eigenvalue weighted by Crippen LogP contribution is 2.43. The van der Waals surface area contributed by atoms with Crippen LogP contribution in [0.3, 0.4) is 0 Å². The maximum absolute atomic E-state index is 5.16. The van der Waals surface area contributed by atoms with Crippen molar-refractivity contribution < 1.29 is 0 Å². The summed E-state index contributed by atoms with van der Waals surface area (Å²) in [5, 5.41) is 5.22. The number of hydrogen-bond acceptors (Lipinski definition) is 1. The van der Waals surface area contributed by atoms with E-state index in [1.165, 1.54) is 71.3 Å². The number of rotatable bonds is 8. The summed E-state index contributed by atoms with van der Waals surface area (Å²) in [5.74, 6) is 1.62. The van der Waals surface area contributed by atoms with Gasteiger partial charge in [0, 0.05) is 17.2 Å². The number of aromatic nitrogens is 2. The van der Waals surface area contributed by atoms with Crippen molar-refractivity contribution in [2.24, 2.45) is 5.92 Å². The highest BCUT2D eigenvalue weighted by atomic mass is 15.1.